The second-order valence-electron chi connectivity index (χ2n) is 5.13. The van der Waals surface area contributed by atoms with Crippen LogP contribution >= 0.6 is 0 Å². The van der Waals surface area contributed by atoms with Crippen LogP contribution in [0.2, 0.25) is 0 Å². The van der Waals surface area contributed by atoms with E-state index in [1.807, 2.05) is 13.1 Å². The lowest BCUT2D eigenvalue weighted by atomic mass is 10.1. The second-order valence-corrected chi connectivity index (χ2v) is 5.13. The molecule has 2 unspecified atom stereocenters. The van der Waals surface area contributed by atoms with Crippen LogP contribution in [-0.2, 0) is 0 Å². The van der Waals surface area contributed by atoms with Crippen molar-refractivity contribution in [1.82, 2.24) is 4.98 Å². The van der Waals surface area contributed by atoms with Crippen molar-refractivity contribution in [2.45, 2.75) is 58.2 Å². The van der Waals surface area contributed by atoms with Crippen molar-refractivity contribution in [3.63, 3.8) is 0 Å². The molecule has 0 aromatic carbocycles. The highest BCUT2D eigenvalue weighted by molar-refractivity contribution is 5.43. The van der Waals surface area contributed by atoms with Gasteiger partial charge in [0.2, 0.25) is 0 Å². The normalized spacial score (nSPS) is 26.2. The molecule has 0 bridgehead atoms. The smallest absolute Gasteiger partial charge is 0.128 e. The molecule has 2 N–H and O–H groups in total. The van der Waals surface area contributed by atoms with Gasteiger partial charge in [0.15, 0.2) is 0 Å². The number of anilines is 1. The van der Waals surface area contributed by atoms with Crippen molar-refractivity contribution in [2.24, 2.45) is 5.73 Å². The van der Waals surface area contributed by atoms with Crippen molar-refractivity contribution in [3.8, 4) is 0 Å². The summed E-state index contributed by atoms with van der Waals surface area (Å²) >= 11 is 0. The lowest BCUT2D eigenvalue weighted by Gasteiger charge is -2.29. The Morgan fingerprint density at radius 3 is 2.76 bits per heavy atom. The van der Waals surface area contributed by atoms with Crippen LogP contribution in [0.15, 0.2) is 18.3 Å². The molecular weight excluding hydrogens is 210 g/mol. The highest BCUT2D eigenvalue weighted by Gasteiger charge is 2.29. The molecule has 3 nitrogen and oxygen atoms in total. The van der Waals surface area contributed by atoms with Gasteiger partial charge in [-0.25, -0.2) is 4.98 Å². The maximum absolute atomic E-state index is 5.84. The Balaban J connectivity index is 2.21. The molecule has 1 saturated heterocycles. The van der Waals surface area contributed by atoms with Crippen LogP contribution in [0.1, 0.15) is 51.6 Å². The van der Waals surface area contributed by atoms with Gasteiger partial charge >= 0.3 is 0 Å². The molecule has 0 radical (unpaired) electrons. The molecular formula is C14H23N3. The molecule has 1 aromatic rings. The van der Waals surface area contributed by atoms with Crippen LogP contribution in [0.3, 0.4) is 0 Å². The van der Waals surface area contributed by atoms with Gasteiger partial charge in [0.25, 0.3) is 0 Å². The summed E-state index contributed by atoms with van der Waals surface area (Å²) in [6, 6.07) is 5.54. The second kappa shape index (κ2) is 5.05. The molecule has 0 amide bonds. The van der Waals surface area contributed by atoms with Crippen molar-refractivity contribution in [1.29, 1.82) is 0 Å². The quantitative estimate of drug-likeness (QED) is 0.873. The van der Waals surface area contributed by atoms with Crippen LogP contribution < -0.4 is 10.6 Å². The summed E-state index contributed by atoms with van der Waals surface area (Å²) in [7, 11) is 0. The molecule has 0 saturated carbocycles. The number of hydrogen-bond donors (Lipinski definition) is 1. The minimum absolute atomic E-state index is 0.0644. The molecule has 94 valence electrons. The van der Waals surface area contributed by atoms with Crippen LogP contribution in [0.5, 0.6) is 0 Å². The van der Waals surface area contributed by atoms with Crippen LogP contribution in [0, 0.1) is 0 Å². The average Bonchev–Trinajstić information content (AvgIpc) is 2.70. The van der Waals surface area contributed by atoms with E-state index >= 15 is 0 Å². The first kappa shape index (κ1) is 12.4. The van der Waals surface area contributed by atoms with Gasteiger partial charge in [-0.2, -0.15) is 0 Å². The summed E-state index contributed by atoms with van der Waals surface area (Å²) < 4.78 is 0. The molecule has 1 aliphatic heterocycles. The third kappa shape index (κ3) is 2.44. The Labute approximate surface area is 104 Å². The van der Waals surface area contributed by atoms with Gasteiger partial charge in [0, 0.05) is 24.3 Å². The van der Waals surface area contributed by atoms with E-state index in [4.69, 9.17) is 5.73 Å². The summed E-state index contributed by atoms with van der Waals surface area (Å²) in [5.74, 6) is 1.10. The lowest BCUT2D eigenvalue weighted by molar-refractivity contribution is 0.620. The topological polar surface area (TPSA) is 42.1 Å². The Morgan fingerprint density at radius 2 is 2.24 bits per heavy atom. The zero-order chi connectivity index (χ0) is 12.4. The van der Waals surface area contributed by atoms with E-state index < -0.39 is 0 Å². The summed E-state index contributed by atoms with van der Waals surface area (Å²) in [6.45, 7) is 6.53. The fraction of sp³-hybridized carbons (Fsp3) is 0.643. The highest BCUT2D eigenvalue weighted by atomic mass is 15.2. The number of pyridine rings is 1. The Morgan fingerprint density at radius 1 is 1.47 bits per heavy atom. The van der Waals surface area contributed by atoms with Crippen molar-refractivity contribution in [2.75, 3.05) is 4.90 Å². The first-order chi connectivity index (χ1) is 8.13. The van der Waals surface area contributed by atoms with E-state index in [2.05, 4.69) is 35.9 Å². The lowest BCUT2D eigenvalue weighted by Crippen LogP contribution is -2.34. The fourth-order valence-electron chi connectivity index (χ4n) is 2.70. The summed E-state index contributed by atoms with van der Waals surface area (Å²) in [5.41, 5.74) is 6.95. The van der Waals surface area contributed by atoms with Gasteiger partial charge in [-0.05, 0) is 44.7 Å². The zero-order valence-corrected chi connectivity index (χ0v) is 11.1. The van der Waals surface area contributed by atoms with Gasteiger partial charge in [0.1, 0.15) is 5.82 Å². The average molecular weight is 233 g/mol. The summed E-state index contributed by atoms with van der Waals surface area (Å²) in [4.78, 5) is 7.04. The standard InChI is InChI=1S/C14H23N3/c1-4-13-7-5-10(2)17(13)14-8-6-12(9-16-14)11(3)15/h6,8-11,13H,4-5,7,15H2,1-3H3/t10?,11-,13?/m0/s1. The fourth-order valence-corrected chi connectivity index (χ4v) is 2.70. The molecule has 3 atom stereocenters. The van der Waals surface area contributed by atoms with E-state index in [9.17, 15) is 0 Å². The summed E-state index contributed by atoms with van der Waals surface area (Å²) in [6.07, 6.45) is 5.67. The zero-order valence-electron chi connectivity index (χ0n) is 11.1. The first-order valence-corrected chi connectivity index (χ1v) is 6.63. The van der Waals surface area contributed by atoms with Gasteiger partial charge in [-0.15, -0.1) is 0 Å². The van der Waals surface area contributed by atoms with E-state index in [-0.39, 0.29) is 6.04 Å². The van der Waals surface area contributed by atoms with Crippen molar-refractivity contribution >= 4 is 5.82 Å². The third-order valence-electron chi connectivity index (χ3n) is 3.82. The molecule has 0 spiro atoms. The van der Waals surface area contributed by atoms with Crippen LogP contribution in [-0.4, -0.2) is 17.1 Å². The SMILES string of the molecule is CCC1CCC(C)N1c1ccc([C@H](C)N)cn1. The van der Waals surface area contributed by atoms with Gasteiger partial charge < -0.3 is 10.6 Å². The number of aromatic nitrogens is 1. The Kier molecular flexibility index (Phi) is 3.67. The van der Waals surface area contributed by atoms with E-state index in [1.54, 1.807) is 0 Å². The predicted octanol–water partition coefficient (Wildman–Crippen LogP) is 2.87. The molecule has 0 aliphatic carbocycles. The minimum Gasteiger partial charge on any atom is -0.351 e. The molecule has 1 fully saturated rings. The first-order valence-electron chi connectivity index (χ1n) is 6.63. The largest absolute Gasteiger partial charge is 0.351 e. The highest BCUT2D eigenvalue weighted by Crippen LogP contribution is 2.30. The van der Waals surface area contributed by atoms with E-state index in [0.717, 1.165) is 11.4 Å². The number of rotatable bonds is 3. The van der Waals surface area contributed by atoms with Gasteiger partial charge in [-0.1, -0.05) is 13.0 Å². The maximum atomic E-state index is 5.84. The minimum atomic E-state index is 0.0644. The molecule has 2 rings (SSSR count). The maximum Gasteiger partial charge on any atom is 0.128 e. The van der Waals surface area contributed by atoms with Gasteiger partial charge in [0.05, 0.1) is 0 Å². The molecule has 2 heterocycles. The number of nitrogens with two attached hydrogens (primary N) is 1. The number of nitrogens with zero attached hydrogens (tertiary/aromatic N) is 2. The Hall–Kier alpha value is -1.09. The Bertz CT molecular complexity index is 358. The monoisotopic (exact) mass is 233 g/mol. The summed E-state index contributed by atoms with van der Waals surface area (Å²) in [5, 5.41) is 0. The van der Waals surface area contributed by atoms with Crippen molar-refractivity contribution in [3.05, 3.63) is 23.9 Å². The predicted molar refractivity (Wildman–Crippen MR) is 72.1 cm³/mol. The molecule has 17 heavy (non-hydrogen) atoms. The van der Waals surface area contributed by atoms with E-state index in [0.29, 0.717) is 12.1 Å². The van der Waals surface area contributed by atoms with E-state index in [1.165, 1.54) is 19.3 Å². The van der Waals surface area contributed by atoms with Crippen LogP contribution in [0.25, 0.3) is 0 Å². The molecule has 1 aromatic heterocycles. The molecule has 1 aliphatic rings. The number of hydrogen-bond acceptors (Lipinski definition) is 3. The van der Waals surface area contributed by atoms with Crippen LogP contribution in [0.4, 0.5) is 5.82 Å². The molecule has 3 heteroatoms. The van der Waals surface area contributed by atoms with Crippen molar-refractivity contribution < 1.29 is 0 Å². The van der Waals surface area contributed by atoms with Gasteiger partial charge in [-0.3, -0.25) is 0 Å². The third-order valence-corrected chi connectivity index (χ3v) is 3.82.